The van der Waals surface area contributed by atoms with E-state index in [4.69, 9.17) is 5.73 Å². The lowest BCUT2D eigenvalue weighted by Gasteiger charge is -2.11. The number of aromatic nitrogens is 3. The molecular weight excluding hydrogens is 426 g/mol. The number of aryl methyl sites for hydroxylation is 1. The highest BCUT2D eigenvalue weighted by Crippen LogP contribution is 2.20. The molecule has 2 aromatic carbocycles. The minimum atomic E-state index is -0.249. The van der Waals surface area contributed by atoms with Crippen LogP contribution < -0.4 is 16.6 Å². The average molecular weight is 450 g/mol. The van der Waals surface area contributed by atoms with Gasteiger partial charge in [0.05, 0.1) is 17.6 Å². The van der Waals surface area contributed by atoms with Gasteiger partial charge in [-0.25, -0.2) is 4.98 Å². The van der Waals surface area contributed by atoms with Crippen molar-refractivity contribution in [2.75, 3.05) is 5.73 Å². The van der Waals surface area contributed by atoms with Crippen LogP contribution >= 0.6 is 0 Å². The zero-order chi connectivity index (χ0) is 23.7. The molecule has 7 nitrogen and oxygen atoms in total. The van der Waals surface area contributed by atoms with Crippen molar-refractivity contribution in [1.29, 1.82) is 0 Å². The number of anilines is 1. The summed E-state index contributed by atoms with van der Waals surface area (Å²) in [6, 6.07) is 20.6. The van der Waals surface area contributed by atoms with Gasteiger partial charge in [-0.3, -0.25) is 14.6 Å². The summed E-state index contributed by atoms with van der Waals surface area (Å²) < 4.78 is 1.55. The van der Waals surface area contributed by atoms with Gasteiger partial charge in [-0.1, -0.05) is 24.3 Å². The summed E-state index contributed by atoms with van der Waals surface area (Å²) >= 11 is 0. The van der Waals surface area contributed by atoms with Crippen LogP contribution in [0.3, 0.4) is 0 Å². The number of hydrogen-bond donors (Lipinski definition) is 2. The fraction of sp³-hybridized carbons (Fsp3) is 0.111. The van der Waals surface area contributed by atoms with Crippen LogP contribution in [0.5, 0.6) is 0 Å². The highest BCUT2D eigenvalue weighted by atomic mass is 16.2. The van der Waals surface area contributed by atoms with Crippen LogP contribution in [0.15, 0.2) is 83.9 Å². The molecule has 168 valence electrons. The zero-order valence-electron chi connectivity index (χ0n) is 18.7. The van der Waals surface area contributed by atoms with E-state index in [1.165, 1.54) is 6.07 Å². The number of pyridine rings is 3. The Morgan fingerprint density at radius 3 is 2.68 bits per heavy atom. The summed E-state index contributed by atoms with van der Waals surface area (Å²) in [5.41, 5.74) is 9.94. The first kappa shape index (κ1) is 21.3. The third kappa shape index (κ3) is 4.36. The SMILES string of the molecule is Cc1ccc2cc(Cn3cc(C(=O)NCc4ccc5c(N)nccc5c4)ccc3=O)ccc2n1. The lowest BCUT2D eigenvalue weighted by molar-refractivity contribution is 0.0950. The Morgan fingerprint density at radius 1 is 0.971 bits per heavy atom. The number of nitrogens with one attached hydrogen (secondary N) is 1. The van der Waals surface area contributed by atoms with Crippen LogP contribution in [-0.4, -0.2) is 20.4 Å². The average Bonchev–Trinajstić information content (AvgIpc) is 2.84. The van der Waals surface area contributed by atoms with E-state index in [9.17, 15) is 9.59 Å². The Morgan fingerprint density at radius 2 is 1.79 bits per heavy atom. The molecule has 0 bridgehead atoms. The Kier molecular flexibility index (Phi) is 5.51. The molecule has 3 heterocycles. The number of rotatable bonds is 5. The minimum absolute atomic E-state index is 0.167. The topological polar surface area (TPSA) is 103 Å². The van der Waals surface area contributed by atoms with Gasteiger partial charge >= 0.3 is 0 Å². The zero-order valence-corrected chi connectivity index (χ0v) is 18.7. The maximum atomic E-state index is 12.8. The van der Waals surface area contributed by atoms with Crippen molar-refractivity contribution in [3.63, 3.8) is 0 Å². The molecule has 0 radical (unpaired) electrons. The van der Waals surface area contributed by atoms with Gasteiger partial charge in [0, 0.05) is 41.5 Å². The Labute approximate surface area is 195 Å². The summed E-state index contributed by atoms with van der Waals surface area (Å²) in [4.78, 5) is 33.8. The number of carbonyl (C=O) groups excluding carboxylic acids is 1. The summed E-state index contributed by atoms with van der Waals surface area (Å²) in [6.07, 6.45) is 3.26. The number of benzene rings is 2. The number of carbonyl (C=O) groups is 1. The van der Waals surface area contributed by atoms with Crippen LogP contribution in [0.4, 0.5) is 5.82 Å². The molecule has 0 unspecified atom stereocenters. The molecule has 3 N–H and O–H groups in total. The third-order valence-corrected chi connectivity index (χ3v) is 5.80. The number of hydrogen-bond acceptors (Lipinski definition) is 5. The maximum Gasteiger partial charge on any atom is 0.253 e. The number of nitrogen functional groups attached to an aromatic ring is 1. The summed E-state index contributed by atoms with van der Waals surface area (Å²) in [5.74, 6) is 0.231. The van der Waals surface area contributed by atoms with Crippen molar-refractivity contribution < 1.29 is 4.79 Å². The molecule has 5 rings (SSSR count). The van der Waals surface area contributed by atoms with E-state index in [1.807, 2.05) is 61.5 Å². The van der Waals surface area contributed by atoms with Gasteiger partial charge < -0.3 is 15.6 Å². The molecule has 7 heteroatoms. The molecule has 0 aliphatic carbocycles. The largest absolute Gasteiger partial charge is 0.383 e. The molecule has 0 fully saturated rings. The first-order valence-corrected chi connectivity index (χ1v) is 10.9. The van der Waals surface area contributed by atoms with Gasteiger partial charge in [-0.15, -0.1) is 0 Å². The second kappa shape index (κ2) is 8.78. The van der Waals surface area contributed by atoms with E-state index in [0.29, 0.717) is 24.5 Å². The van der Waals surface area contributed by atoms with E-state index in [2.05, 4.69) is 15.3 Å². The van der Waals surface area contributed by atoms with Crippen molar-refractivity contribution in [3.05, 3.63) is 112 Å². The van der Waals surface area contributed by atoms with E-state index >= 15 is 0 Å². The monoisotopic (exact) mass is 449 g/mol. The fourth-order valence-electron chi connectivity index (χ4n) is 4.01. The standard InChI is InChI=1S/C27H23N5O2/c1-17-2-5-21-13-19(4-8-24(21)31-17)15-32-16-22(6-9-25(32)33)27(34)30-14-18-3-7-23-20(12-18)10-11-29-26(23)28/h2-13,16H,14-15H2,1H3,(H2,28,29)(H,30,34). The molecule has 0 atom stereocenters. The molecule has 3 aromatic heterocycles. The Balaban J connectivity index is 1.32. The van der Waals surface area contributed by atoms with Gasteiger partial charge in [-0.05, 0) is 59.8 Å². The molecular formula is C27H23N5O2. The van der Waals surface area contributed by atoms with Crippen LogP contribution in [-0.2, 0) is 13.1 Å². The van der Waals surface area contributed by atoms with E-state index in [0.717, 1.165) is 38.5 Å². The fourth-order valence-corrected chi connectivity index (χ4v) is 4.01. The summed E-state index contributed by atoms with van der Waals surface area (Å²) in [5, 5.41) is 5.78. The molecule has 5 aromatic rings. The predicted octanol–water partition coefficient (Wildman–Crippen LogP) is 3.81. The molecule has 34 heavy (non-hydrogen) atoms. The number of nitrogens with zero attached hydrogens (tertiary/aromatic N) is 3. The van der Waals surface area contributed by atoms with E-state index in [-0.39, 0.29) is 11.5 Å². The second-order valence-electron chi connectivity index (χ2n) is 8.30. The van der Waals surface area contributed by atoms with Gasteiger partial charge in [0.15, 0.2) is 0 Å². The van der Waals surface area contributed by atoms with Gasteiger partial charge in [-0.2, -0.15) is 0 Å². The molecule has 0 spiro atoms. The van der Waals surface area contributed by atoms with Crippen molar-refractivity contribution in [3.8, 4) is 0 Å². The van der Waals surface area contributed by atoms with Crippen LogP contribution in [0, 0.1) is 6.92 Å². The predicted molar refractivity (Wildman–Crippen MR) is 134 cm³/mol. The highest BCUT2D eigenvalue weighted by molar-refractivity contribution is 5.94. The molecule has 0 saturated carbocycles. The summed E-state index contributed by atoms with van der Waals surface area (Å²) in [6.45, 7) is 2.67. The molecule has 0 aliphatic heterocycles. The first-order chi connectivity index (χ1) is 16.5. The Hall–Kier alpha value is -4.52. The van der Waals surface area contributed by atoms with E-state index in [1.54, 1.807) is 23.0 Å². The molecule has 0 saturated heterocycles. The van der Waals surface area contributed by atoms with Crippen molar-refractivity contribution in [2.24, 2.45) is 0 Å². The minimum Gasteiger partial charge on any atom is -0.383 e. The van der Waals surface area contributed by atoms with Gasteiger partial charge in [0.2, 0.25) is 0 Å². The summed E-state index contributed by atoms with van der Waals surface area (Å²) in [7, 11) is 0. The van der Waals surface area contributed by atoms with Crippen molar-refractivity contribution in [2.45, 2.75) is 20.0 Å². The number of fused-ring (bicyclic) bond motifs is 2. The third-order valence-electron chi connectivity index (χ3n) is 5.80. The van der Waals surface area contributed by atoms with Gasteiger partial charge in [0.1, 0.15) is 5.82 Å². The maximum absolute atomic E-state index is 12.8. The quantitative estimate of drug-likeness (QED) is 0.425. The number of amides is 1. The first-order valence-electron chi connectivity index (χ1n) is 10.9. The van der Waals surface area contributed by atoms with Crippen LogP contribution in [0.2, 0.25) is 0 Å². The lowest BCUT2D eigenvalue weighted by Crippen LogP contribution is -2.26. The second-order valence-corrected chi connectivity index (χ2v) is 8.30. The highest BCUT2D eigenvalue weighted by Gasteiger charge is 2.09. The van der Waals surface area contributed by atoms with Crippen molar-refractivity contribution >= 4 is 33.4 Å². The van der Waals surface area contributed by atoms with E-state index < -0.39 is 0 Å². The smallest absolute Gasteiger partial charge is 0.253 e. The Bertz CT molecular complexity index is 1610. The van der Waals surface area contributed by atoms with Crippen LogP contribution in [0.25, 0.3) is 21.7 Å². The van der Waals surface area contributed by atoms with Crippen LogP contribution in [0.1, 0.15) is 27.2 Å². The molecule has 0 aliphatic rings. The number of nitrogens with two attached hydrogens (primary N) is 1. The van der Waals surface area contributed by atoms with Crippen molar-refractivity contribution in [1.82, 2.24) is 19.9 Å². The van der Waals surface area contributed by atoms with Gasteiger partial charge in [0.25, 0.3) is 11.5 Å². The lowest BCUT2D eigenvalue weighted by atomic mass is 10.1. The molecule has 1 amide bonds. The normalized spacial score (nSPS) is 11.1.